The highest BCUT2D eigenvalue weighted by atomic mass is 33.1. The fraction of sp³-hybridized carbons (Fsp3) is 0.351. The van der Waals surface area contributed by atoms with Crippen LogP contribution < -0.4 is 58.9 Å². The van der Waals surface area contributed by atoms with E-state index in [-0.39, 0.29) is 56.1 Å². The van der Waals surface area contributed by atoms with Gasteiger partial charge in [-0.05, 0) is 77.4 Å². The van der Waals surface area contributed by atoms with Crippen molar-refractivity contribution >= 4 is 91.6 Å². The number of phenols is 1. The molecule has 0 spiro atoms. The van der Waals surface area contributed by atoms with E-state index in [0.29, 0.717) is 50.8 Å². The van der Waals surface area contributed by atoms with Crippen molar-refractivity contribution < 1.29 is 68.4 Å². The summed E-state index contributed by atoms with van der Waals surface area (Å²) in [6.07, 6.45) is -2.76. The Balaban J connectivity index is 1.22. The lowest BCUT2D eigenvalue weighted by atomic mass is 9.99. The van der Waals surface area contributed by atoms with Crippen LogP contribution >= 0.6 is 21.6 Å². The monoisotopic (exact) mass is 1430 g/mol. The Morgan fingerprint density at radius 1 is 0.471 bits per heavy atom. The zero-order valence-corrected chi connectivity index (χ0v) is 58.4. The molecule has 540 valence electrons. The fourth-order valence-corrected chi connectivity index (χ4v) is 13.6. The van der Waals surface area contributed by atoms with Gasteiger partial charge in [-0.25, -0.2) is 4.79 Å². The molecule has 26 nitrogen and oxygen atoms in total. The number of aliphatic hydroxyl groups is 2. The Morgan fingerprint density at radius 3 is 1.33 bits per heavy atom. The van der Waals surface area contributed by atoms with Crippen LogP contribution in [0.15, 0.2) is 170 Å². The number of amides is 9. The summed E-state index contributed by atoms with van der Waals surface area (Å²) in [5.41, 5.74) is 11.3. The molecule has 0 saturated carbocycles. The molecule has 0 radical (unpaired) electrons. The SMILES string of the molecule is CC(C)NCc1ccc(C[C@@H]2NC(=O)[C@@H](Cc3c[nH]c4ccccc34)NC(=O)[C@H](Cc3ccccc3)NC(=O)[C@@H](Cc3ccccc3)NC(=O)[C@H](NC(=O)[C@@H](N)Cc3ccc(O)cc3)CSSC[C@@H](C(=O)O)NC(=O)[C@@H]([C@@H](C)O)NC(=O)[C@H](Cc3ccccc3)NC(=O)[C@@H]([C@@H](C)O)NC2=O)cc1. The number of rotatable bonds is 20. The molecule has 12 atom stereocenters. The van der Waals surface area contributed by atoms with Crippen molar-refractivity contribution in [1.82, 2.24) is 58.2 Å². The molecule has 102 heavy (non-hydrogen) atoms. The van der Waals surface area contributed by atoms with Crippen LogP contribution in [0.2, 0.25) is 0 Å². The quantitative estimate of drug-likeness (QED) is 0.0486. The summed E-state index contributed by atoms with van der Waals surface area (Å²) in [7, 11) is 1.76. The number of benzene rings is 6. The van der Waals surface area contributed by atoms with Crippen molar-refractivity contribution in [2.45, 2.75) is 151 Å². The predicted octanol–water partition coefficient (Wildman–Crippen LogP) is 2.06. The highest BCUT2D eigenvalue weighted by Crippen LogP contribution is 2.25. The minimum absolute atomic E-state index is 0.0287. The van der Waals surface area contributed by atoms with E-state index in [1.165, 1.54) is 26.0 Å². The van der Waals surface area contributed by atoms with Crippen LogP contribution in [0.4, 0.5) is 0 Å². The third kappa shape index (κ3) is 23.5. The normalized spacial score (nSPS) is 22.3. The van der Waals surface area contributed by atoms with Crippen LogP contribution in [0, 0.1) is 0 Å². The van der Waals surface area contributed by atoms with E-state index in [2.05, 4.69) is 58.2 Å². The number of aromatic amines is 1. The number of aromatic hydroxyl groups is 1. The Kier molecular flexibility index (Phi) is 29.0. The summed E-state index contributed by atoms with van der Waals surface area (Å²) in [5, 5.41) is 70.9. The number of carboxylic acid groups (broad SMARTS) is 1. The third-order valence-corrected chi connectivity index (χ3v) is 19.4. The molecule has 28 heteroatoms. The zero-order chi connectivity index (χ0) is 73.4. The van der Waals surface area contributed by atoms with Crippen molar-refractivity contribution in [3.63, 3.8) is 0 Å². The Labute approximate surface area is 598 Å². The maximum absolute atomic E-state index is 15.5. The molecule has 1 aliphatic heterocycles. The van der Waals surface area contributed by atoms with Gasteiger partial charge in [0.15, 0.2) is 0 Å². The van der Waals surface area contributed by atoms with Gasteiger partial charge in [0.25, 0.3) is 0 Å². The van der Waals surface area contributed by atoms with Crippen LogP contribution in [0.1, 0.15) is 66.6 Å². The van der Waals surface area contributed by atoms with Crippen LogP contribution in [0.25, 0.3) is 10.9 Å². The maximum atomic E-state index is 15.5. The predicted molar refractivity (Wildman–Crippen MR) is 388 cm³/mol. The molecule has 7 aromatic rings. The summed E-state index contributed by atoms with van der Waals surface area (Å²) < 4.78 is 0. The number of nitrogens with two attached hydrogens (primary N) is 1. The van der Waals surface area contributed by atoms with E-state index < -0.39 is 138 Å². The molecule has 2 heterocycles. The summed E-state index contributed by atoms with van der Waals surface area (Å²) in [4.78, 5) is 150. The Bertz CT molecular complexity index is 3980. The highest BCUT2D eigenvalue weighted by Gasteiger charge is 2.39. The molecule has 1 aromatic heterocycles. The number of para-hydroxylation sites is 1. The minimum Gasteiger partial charge on any atom is -0.508 e. The first-order valence-electron chi connectivity index (χ1n) is 33.5. The summed E-state index contributed by atoms with van der Waals surface area (Å²) >= 11 is 0. The molecule has 0 aliphatic carbocycles. The topological polar surface area (TPSA) is 414 Å². The van der Waals surface area contributed by atoms with Gasteiger partial charge in [-0.1, -0.05) is 181 Å². The number of aromatic nitrogens is 1. The molecule has 1 saturated heterocycles. The standard InChI is InChI=1S/C74H88N12O14S2/c1-42(2)76-38-50-26-24-49(25-27-50)36-58-69(94)85-63(43(3)87)72(97)82-59(35-47-20-12-7-13-21-47)70(95)86-64(44(4)88)73(98)84-62(74(99)100)41-102-101-40-61(83-65(90)54(75)32-48-28-30-52(89)31-29-48)71(96)80-57(34-46-18-10-6-11-19-46)66(91)78-56(33-45-16-8-5-9-17-45)67(92)81-60(68(93)79-58)37-51-39-77-55-23-15-14-22-53(51)55/h5-31,39,42-44,54,56-64,76-77,87-89H,32-38,40-41,75H2,1-4H3,(H,78,91)(H,79,93)(H,80,96)(H,81,92)(H,82,97)(H,83,90)(H,84,98)(H,85,94)(H,86,95)(H,99,100)/t43-,44-,54+,56+,57-,58+,59+,60-,61-,62+,63-,64-/m1/s1. The second-order valence-electron chi connectivity index (χ2n) is 25.5. The maximum Gasteiger partial charge on any atom is 0.327 e. The molecule has 9 amide bonds. The highest BCUT2D eigenvalue weighted by molar-refractivity contribution is 8.76. The molecular formula is C74H88N12O14S2. The van der Waals surface area contributed by atoms with Gasteiger partial charge < -0.3 is 84.3 Å². The average molecular weight is 1430 g/mol. The number of fused-ring (bicyclic) bond motifs is 1. The zero-order valence-electron chi connectivity index (χ0n) is 56.8. The van der Waals surface area contributed by atoms with Gasteiger partial charge in [0, 0.05) is 73.3 Å². The summed E-state index contributed by atoms with van der Waals surface area (Å²) in [6.45, 7) is 6.88. The first kappa shape index (κ1) is 77.6. The average Bonchev–Trinajstić information content (AvgIpc) is 1.56. The smallest absolute Gasteiger partial charge is 0.327 e. The van der Waals surface area contributed by atoms with E-state index in [9.17, 15) is 49.2 Å². The minimum atomic E-state index is -1.85. The lowest BCUT2D eigenvalue weighted by molar-refractivity contribution is -0.142. The van der Waals surface area contributed by atoms with Crippen LogP contribution in [-0.4, -0.2) is 175 Å². The van der Waals surface area contributed by atoms with E-state index in [4.69, 9.17) is 5.73 Å². The number of hydrogen-bond acceptors (Lipinski definition) is 17. The number of phenolic OH excluding ortho intramolecular Hbond substituents is 1. The van der Waals surface area contributed by atoms with Crippen molar-refractivity contribution in [3.05, 3.63) is 209 Å². The molecule has 1 aliphatic rings. The second kappa shape index (κ2) is 38.1. The number of aliphatic hydroxyl groups excluding tert-OH is 2. The lowest BCUT2D eigenvalue weighted by Gasteiger charge is -2.29. The number of carbonyl (C=O) groups is 10. The second-order valence-corrected chi connectivity index (χ2v) is 28.0. The molecular weight excluding hydrogens is 1350 g/mol. The first-order chi connectivity index (χ1) is 48.9. The molecule has 17 N–H and O–H groups in total. The molecule has 0 bridgehead atoms. The van der Waals surface area contributed by atoms with Gasteiger partial charge in [0.05, 0.1) is 18.2 Å². The van der Waals surface area contributed by atoms with E-state index in [0.717, 1.165) is 27.2 Å². The summed E-state index contributed by atoms with van der Waals surface area (Å²) in [5.74, 6) is -11.0. The number of carboxylic acids is 1. The van der Waals surface area contributed by atoms with Crippen LogP contribution in [0.3, 0.4) is 0 Å². The summed E-state index contributed by atoms with van der Waals surface area (Å²) in [6, 6.07) is 30.2. The van der Waals surface area contributed by atoms with Gasteiger partial charge in [-0.2, -0.15) is 0 Å². The van der Waals surface area contributed by atoms with E-state index >= 15 is 19.2 Å². The van der Waals surface area contributed by atoms with Crippen molar-refractivity contribution in [3.8, 4) is 5.75 Å². The van der Waals surface area contributed by atoms with Gasteiger partial charge in [-0.15, -0.1) is 0 Å². The number of aliphatic carboxylic acids is 1. The van der Waals surface area contributed by atoms with Crippen molar-refractivity contribution in [2.24, 2.45) is 5.73 Å². The Morgan fingerprint density at radius 2 is 0.863 bits per heavy atom. The molecule has 1 fully saturated rings. The molecule has 0 unspecified atom stereocenters. The Hall–Kier alpha value is -10.1. The fourth-order valence-electron chi connectivity index (χ4n) is 11.2. The molecule has 8 rings (SSSR count). The largest absolute Gasteiger partial charge is 0.508 e. The molecule has 6 aromatic carbocycles. The number of H-pyrrole nitrogens is 1. The number of nitrogens with one attached hydrogen (secondary N) is 11. The van der Waals surface area contributed by atoms with E-state index in [1.807, 2.05) is 44.2 Å². The van der Waals surface area contributed by atoms with E-state index in [1.54, 1.807) is 128 Å². The van der Waals surface area contributed by atoms with Gasteiger partial charge in [0.2, 0.25) is 53.2 Å². The van der Waals surface area contributed by atoms with Gasteiger partial charge in [0.1, 0.15) is 60.1 Å². The van der Waals surface area contributed by atoms with Crippen LogP contribution in [0.5, 0.6) is 5.75 Å². The lowest BCUT2D eigenvalue weighted by Crippen LogP contribution is -2.63. The van der Waals surface area contributed by atoms with Crippen molar-refractivity contribution in [2.75, 3.05) is 11.5 Å². The number of carbonyl (C=O) groups excluding carboxylic acids is 9. The third-order valence-electron chi connectivity index (χ3n) is 16.9. The van der Waals surface area contributed by atoms with Crippen LogP contribution in [-0.2, 0) is 93.0 Å². The van der Waals surface area contributed by atoms with Crippen molar-refractivity contribution in [1.29, 1.82) is 0 Å². The van der Waals surface area contributed by atoms with Gasteiger partial charge >= 0.3 is 5.97 Å². The number of hydrogen-bond donors (Lipinski definition) is 16. The van der Waals surface area contributed by atoms with Gasteiger partial charge in [-0.3, -0.25) is 43.2 Å². The first-order valence-corrected chi connectivity index (χ1v) is 35.9.